The number of hydrogen-bond acceptors (Lipinski definition) is 5. The zero-order valence-corrected chi connectivity index (χ0v) is 12.2. The van der Waals surface area contributed by atoms with Crippen LogP contribution in [0.15, 0.2) is 24.3 Å². The average Bonchev–Trinajstić information content (AvgIpc) is 2.49. The molecular weight excluding hydrogens is 260 g/mol. The summed E-state index contributed by atoms with van der Waals surface area (Å²) in [6, 6.07) is 7.37. The number of benzene rings is 1. The molecule has 0 aliphatic carbocycles. The van der Waals surface area contributed by atoms with Crippen molar-refractivity contribution in [1.82, 2.24) is 0 Å². The Morgan fingerprint density at radius 1 is 1.00 bits per heavy atom. The molecule has 20 heavy (non-hydrogen) atoms. The maximum atomic E-state index is 10.0. The minimum Gasteiger partial charge on any atom is -0.496 e. The molecule has 0 heterocycles. The Balaban J connectivity index is 2.15. The van der Waals surface area contributed by atoms with Crippen LogP contribution in [0.2, 0.25) is 0 Å². The summed E-state index contributed by atoms with van der Waals surface area (Å²) >= 11 is 0. The summed E-state index contributed by atoms with van der Waals surface area (Å²) in [5, 5.41) is 10.0. The van der Waals surface area contributed by atoms with Gasteiger partial charge in [0.2, 0.25) is 0 Å². The summed E-state index contributed by atoms with van der Waals surface area (Å²) < 4.78 is 20.9. The van der Waals surface area contributed by atoms with E-state index in [2.05, 4.69) is 0 Å². The van der Waals surface area contributed by atoms with Gasteiger partial charge in [-0.3, -0.25) is 0 Å². The Morgan fingerprint density at radius 2 is 1.75 bits per heavy atom. The van der Waals surface area contributed by atoms with Gasteiger partial charge in [0, 0.05) is 25.9 Å². The van der Waals surface area contributed by atoms with E-state index in [0.29, 0.717) is 32.2 Å². The van der Waals surface area contributed by atoms with Crippen molar-refractivity contribution in [3.05, 3.63) is 29.8 Å². The van der Waals surface area contributed by atoms with Gasteiger partial charge < -0.3 is 24.1 Å². The second-order valence-electron chi connectivity index (χ2n) is 4.29. The Hall–Kier alpha value is -1.14. The van der Waals surface area contributed by atoms with E-state index < -0.39 is 6.10 Å². The van der Waals surface area contributed by atoms with Crippen molar-refractivity contribution in [3.8, 4) is 5.75 Å². The first-order valence-corrected chi connectivity index (χ1v) is 6.75. The molecule has 5 nitrogen and oxygen atoms in total. The highest BCUT2D eigenvalue weighted by Gasteiger charge is 2.12. The number of methoxy groups -OCH3 is 2. The van der Waals surface area contributed by atoms with E-state index in [-0.39, 0.29) is 6.61 Å². The summed E-state index contributed by atoms with van der Waals surface area (Å²) in [5.41, 5.74) is 0.732. The average molecular weight is 284 g/mol. The number of ether oxygens (including phenoxy) is 4. The smallest absolute Gasteiger partial charge is 0.124 e. The van der Waals surface area contributed by atoms with Crippen LogP contribution >= 0.6 is 0 Å². The fourth-order valence-corrected chi connectivity index (χ4v) is 1.75. The molecule has 0 aromatic heterocycles. The molecule has 0 aliphatic heterocycles. The third kappa shape index (κ3) is 6.34. The van der Waals surface area contributed by atoms with Gasteiger partial charge in [-0.25, -0.2) is 0 Å². The van der Waals surface area contributed by atoms with Gasteiger partial charge in [-0.2, -0.15) is 0 Å². The summed E-state index contributed by atoms with van der Waals surface area (Å²) in [6.45, 7) is 2.56. The van der Waals surface area contributed by atoms with Gasteiger partial charge in [-0.05, 0) is 12.5 Å². The second kappa shape index (κ2) is 10.6. The Kier molecular flexibility index (Phi) is 8.98. The molecule has 1 unspecified atom stereocenters. The first-order chi connectivity index (χ1) is 9.79. The lowest BCUT2D eigenvalue weighted by molar-refractivity contribution is -0.0000848. The van der Waals surface area contributed by atoms with Crippen LogP contribution in [0.25, 0.3) is 0 Å². The van der Waals surface area contributed by atoms with Gasteiger partial charge in [0.25, 0.3) is 0 Å². The van der Waals surface area contributed by atoms with Gasteiger partial charge in [0.15, 0.2) is 0 Å². The lowest BCUT2D eigenvalue weighted by atomic mass is 10.1. The van der Waals surface area contributed by atoms with E-state index >= 15 is 0 Å². The van der Waals surface area contributed by atoms with E-state index in [0.717, 1.165) is 12.0 Å². The Labute approximate surface area is 120 Å². The molecule has 0 aliphatic rings. The molecule has 0 fully saturated rings. The molecular formula is C15H24O5. The molecule has 114 valence electrons. The van der Waals surface area contributed by atoms with E-state index in [1.165, 1.54) is 0 Å². The van der Waals surface area contributed by atoms with Gasteiger partial charge in [0.05, 0.1) is 26.9 Å². The summed E-state index contributed by atoms with van der Waals surface area (Å²) in [5.74, 6) is 0.666. The summed E-state index contributed by atoms with van der Waals surface area (Å²) in [6.07, 6.45) is 0.181. The molecule has 0 bridgehead atoms. The van der Waals surface area contributed by atoms with Crippen LogP contribution in [-0.4, -0.2) is 52.4 Å². The van der Waals surface area contributed by atoms with Crippen LogP contribution in [0.3, 0.4) is 0 Å². The lowest BCUT2D eigenvalue weighted by Gasteiger charge is -2.14. The number of rotatable bonds is 11. The predicted octanol–water partition coefficient (Wildman–Crippen LogP) is 1.80. The monoisotopic (exact) mass is 284 g/mol. The highest BCUT2D eigenvalue weighted by Crippen LogP contribution is 2.24. The maximum absolute atomic E-state index is 10.0. The Bertz CT molecular complexity index is 356. The number of hydrogen-bond donors (Lipinski definition) is 1. The minimum absolute atomic E-state index is 0.224. The van der Waals surface area contributed by atoms with Crippen LogP contribution < -0.4 is 4.74 Å². The van der Waals surface area contributed by atoms with E-state index in [9.17, 15) is 5.11 Å². The van der Waals surface area contributed by atoms with E-state index in [4.69, 9.17) is 18.9 Å². The van der Waals surface area contributed by atoms with Crippen LogP contribution in [0.4, 0.5) is 0 Å². The maximum Gasteiger partial charge on any atom is 0.124 e. The van der Waals surface area contributed by atoms with Crippen molar-refractivity contribution >= 4 is 0 Å². The SMILES string of the molecule is COCCCOCCOCC(O)c1ccccc1OC. The summed E-state index contributed by atoms with van der Waals surface area (Å²) in [7, 11) is 3.25. The van der Waals surface area contributed by atoms with Crippen molar-refractivity contribution < 1.29 is 24.1 Å². The normalized spacial score (nSPS) is 12.3. The molecule has 5 heteroatoms. The zero-order chi connectivity index (χ0) is 14.6. The molecule has 0 spiro atoms. The van der Waals surface area contributed by atoms with E-state index in [1.807, 2.05) is 24.3 Å². The fraction of sp³-hybridized carbons (Fsp3) is 0.600. The molecule has 1 aromatic rings. The van der Waals surface area contributed by atoms with Crippen LogP contribution in [-0.2, 0) is 14.2 Å². The van der Waals surface area contributed by atoms with Crippen molar-refractivity contribution in [2.75, 3.05) is 47.3 Å². The van der Waals surface area contributed by atoms with Crippen molar-refractivity contribution in [2.45, 2.75) is 12.5 Å². The Morgan fingerprint density at radius 3 is 2.50 bits per heavy atom. The molecule has 1 aromatic carbocycles. The van der Waals surface area contributed by atoms with Gasteiger partial charge >= 0.3 is 0 Å². The van der Waals surface area contributed by atoms with Gasteiger partial charge in [-0.15, -0.1) is 0 Å². The summed E-state index contributed by atoms with van der Waals surface area (Å²) in [4.78, 5) is 0. The third-order valence-electron chi connectivity index (χ3n) is 2.78. The standard InChI is InChI=1S/C15H24O5/c1-17-8-5-9-19-10-11-20-12-14(16)13-6-3-4-7-15(13)18-2/h3-4,6-7,14,16H,5,8-12H2,1-2H3. The van der Waals surface area contributed by atoms with E-state index in [1.54, 1.807) is 14.2 Å². The predicted molar refractivity (Wildman–Crippen MR) is 76.1 cm³/mol. The molecule has 0 radical (unpaired) electrons. The molecule has 0 amide bonds. The first-order valence-electron chi connectivity index (χ1n) is 6.75. The molecule has 1 N–H and O–H groups in total. The third-order valence-corrected chi connectivity index (χ3v) is 2.78. The molecule has 0 saturated heterocycles. The number of para-hydroxylation sites is 1. The quantitative estimate of drug-likeness (QED) is 0.628. The topological polar surface area (TPSA) is 57.2 Å². The second-order valence-corrected chi connectivity index (χ2v) is 4.29. The fourth-order valence-electron chi connectivity index (χ4n) is 1.75. The van der Waals surface area contributed by atoms with Crippen LogP contribution in [0.1, 0.15) is 18.1 Å². The molecule has 1 rings (SSSR count). The van der Waals surface area contributed by atoms with Gasteiger partial charge in [-0.1, -0.05) is 18.2 Å². The zero-order valence-electron chi connectivity index (χ0n) is 12.2. The van der Waals surface area contributed by atoms with Gasteiger partial charge in [0.1, 0.15) is 11.9 Å². The van der Waals surface area contributed by atoms with Crippen molar-refractivity contribution in [1.29, 1.82) is 0 Å². The largest absolute Gasteiger partial charge is 0.496 e. The van der Waals surface area contributed by atoms with Crippen LogP contribution in [0.5, 0.6) is 5.75 Å². The highest BCUT2D eigenvalue weighted by atomic mass is 16.5. The van der Waals surface area contributed by atoms with Crippen LogP contribution in [0, 0.1) is 0 Å². The number of aliphatic hydroxyl groups excluding tert-OH is 1. The lowest BCUT2D eigenvalue weighted by Crippen LogP contribution is -2.12. The number of aliphatic hydroxyl groups is 1. The highest BCUT2D eigenvalue weighted by molar-refractivity contribution is 5.34. The van der Waals surface area contributed by atoms with Crippen molar-refractivity contribution in [2.24, 2.45) is 0 Å². The van der Waals surface area contributed by atoms with Crippen molar-refractivity contribution in [3.63, 3.8) is 0 Å². The minimum atomic E-state index is -0.695. The molecule has 1 atom stereocenters. The molecule has 0 saturated carbocycles. The first kappa shape index (κ1) is 16.9.